The third-order valence-electron chi connectivity index (χ3n) is 1.99. The number of nitrogens with zero attached hydrogens (tertiary/aromatic N) is 1. The van der Waals surface area contributed by atoms with Crippen LogP contribution in [0.4, 0.5) is 5.69 Å². The van der Waals surface area contributed by atoms with E-state index in [4.69, 9.17) is 5.73 Å². The number of allylic oxidation sites excluding steroid dienone is 2. The highest BCUT2D eigenvalue weighted by atomic mass is 14.7. The summed E-state index contributed by atoms with van der Waals surface area (Å²) in [6.45, 7) is 0. The van der Waals surface area contributed by atoms with E-state index >= 15 is 0 Å². The van der Waals surface area contributed by atoms with Gasteiger partial charge in [0.15, 0.2) is 0 Å². The van der Waals surface area contributed by atoms with Crippen molar-refractivity contribution in [3.05, 3.63) is 54.6 Å². The zero-order valence-corrected chi connectivity index (χ0v) is 7.80. The van der Waals surface area contributed by atoms with Crippen LogP contribution in [0.5, 0.6) is 0 Å². The van der Waals surface area contributed by atoms with Gasteiger partial charge in [-0.3, -0.25) is 0 Å². The fraction of sp³-hybridized carbons (Fsp3) is 0.0833. The first-order chi connectivity index (χ1) is 6.84. The molecular weight excluding hydrogens is 172 g/mol. The number of hydrogen-bond donors (Lipinski definition) is 1. The molecule has 1 aromatic rings. The number of benzene rings is 1. The van der Waals surface area contributed by atoms with Gasteiger partial charge in [-0.05, 0) is 24.3 Å². The summed E-state index contributed by atoms with van der Waals surface area (Å²) in [6, 6.07) is 9.91. The Morgan fingerprint density at radius 1 is 1.00 bits per heavy atom. The molecule has 0 aliphatic heterocycles. The standard InChI is InChI=1S/C12H12N2/c13-10-6-8-12(9-7-10)14-11-4-2-1-3-5-11/h1-10H,13H2. The Hall–Kier alpha value is -1.67. The zero-order chi connectivity index (χ0) is 9.80. The predicted molar refractivity (Wildman–Crippen MR) is 59.8 cm³/mol. The first-order valence-electron chi connectivity index (χ1n) is 4.60. The fourth-order valence-corrected chi connectivity index (χ4v) is 1.27. The maximum Gasteiger partial charge on any atom is 0.0636 e. The van der Waals surface area contributed by atoms with Crippen molar-refractivity contribution < 1.29 is 0 Å². The summed E-state index contributed by atoms with van der Waals surface area (Å²) in [5.74, 6) is 0. The van der Waals surface area contributed by atoms with Crippen molar-refractivity contribution in [2.24, 2.45) is 10.7 Å². The average molecular weight is 184 g/mol. The molecule has 0 unspecified atom stereocenters. The Morgan fingerprint density at radius 2 is 1.64 bits per heavy atom. The van der Waals surface area contributed by atoms with E-state index in [-0.39, 0.29) is 6.04 Å². The Labute approximate surface area is 83.5 Å². The van der Waals surface area contributed by atoms with Crippen LogP contribution in [0.25, 0.3) is 0 Å². The fourth-order valence-electron chi connectivity index (χ4n) is 1.27. The summed E-state index contributed by atoms with van der Waals surface area (Å²) in [7, 11) is 0. The maximum absolute atomic E-state index is 5.66. The predicted octanol–water partition coefficient (Wildman–Crippen LogP) is 2.21. The quantitative estimate of drug-likeness (QED) is 0.714. The highest BCUT2D eigenvalue weighted by Gasteiger charge is 1.99. The largest absolute Gasteiger partial charge is 0.321 e. The summed E-state index contributed by atoms with van der Waals surface area (Å²) in [5.41, 5.74) is 7.57. The molecule has 0 atom stereocenters. The van der Waals surface area contributed by atoms with Crippen molar-refractivity contribution >= 4 is 11.4 Å². The van der Waals surface area contributed by atoms with Gasteiger partial charge in [-0.15, -0.1) is 0 Å². The topological polar surface area (TPSA) is 38.4 Å². The molecule has 0 radical (unpaired) electrons. The van der Waals surface area contributed by atoms with Gasteiger partial charge < -0.3 is 5.73 Å². The van der Waals surface area contributed by atoms with Crippen LogP contribution >= 0.6 is 0 Å². The van der Waals surface area contributed by atoms with Crippen molar-refractivity contribution in [2.75, 3.05) is 0 Å². The van der Waals surface area contributed by atoms with E-state index in [1.165, 1.54) is 0 Å². The molecule has 0 heterocycles. The van der Waals surface area contributed by atoms with Gasteiger partial charge in [0.05, 0.1) is 11.4 Å². The van der Waals surface area contributed by atoms with Crippen molar-refractivity contribution in [2.45, 2.75) is 6.04 Å². The highest BCUT2D eigenvalue weighted by molar-refractivity contribution is 6.06. The first kappa shape index (κ1) is 8.91. The van der Waals surface area contributed by atoms with E-state index in [0.29, 0.717) is 0 Å². The lowest BCUT2D eigenvalue weighted by atomic mass is 10.1. The maximum atomic E-state index is 5.66. The SMILES string of the molecule is NC1C=CC(=Nc2ccccc2)C=C1. The molecule has 1 aromatic carbocycles. The summed E-state index contributed by atoms with van der Waals surface area (Å²) in [6.07, 6.45) is 7.75. The van der Waals surface area contributed by atoms with Gasteiger partial charge in [-0.25, -0.2) is 4.99 Å². The third kappa shape index (κ3) is 2.18. The lowest BCUT2D eigenvalue weighted by Gasteiger charge is -2.05. The van der Waals surface area contributed by atoms with Crippen LogP contribution in [0.1, 0.15) is 0 Å². The summed E-state index contributed by atoms with van der Waals surface area (Å²) in [4.78, 5) is 4.44. The second-order valence-corrected chi connectivity index (χ2v) is 3.17. The van der Waals surface area contributed by atoms with Crippen LogP contribution < -0.4 is 5.73 Å². The number of nitrogens with two attached hydrogens (primary N) is 1. The first-order valence-corrected chi connectivity index (χ1v) is 4.60. The van der Waals surface area contributed by atoms with Crippen LogP contribution in [-0.4, -0.2) is 11.8 Å². The minimum atomic E-state index is 0.0322. The van der Waals surface area contributed by atoms with E-state index in [1.54, 1.807) is 0 Å². The molecule has 1 aliphatic carbocycles. The number of rotatable bonds is 1. The Bertz CT molecular complexity index is 372. The lowest BCUT2D eigenvalue weighted by molar-refractivity contribution is 1.03. The number of aliphatic imine (C=N–C) groups is 1. The van der Waals surface area contributed by atoms with Crippen molar-refractivity contribution in [3.63, 3.8) is 0 Å². The van der Waals surface area contributed by atoms with Crippen LogP contribution in [-0.2, 0) is 0 Å². The zero-order valence-electron chi connectivity index (χ0n) is 7.80. The molecule has 2 rings (SSSR count). The van der Waals surface area contributed by atoms with E-state index in [1.807, 2.05) is 54.6 Å². The molecule has 0 spiro atoms. The summed E-state index contributed by atoms with van der Waals surface area (Å²) >= 11 is 0. The van der Waals surface area contributed by atoms with E-state index in [9.17, 15) is 0 Å². The van der Waals surface area contributed by atoms with Gasteiger partial charge in [0.1, 0.15) is 0 Å². The molecular formula is C12H12N2. The Balaban J connectivity index is 2.21. The molecule has 14 heavy (non-hydrogen) atoms. The van der Waals surface area contributed by atoms with Crippen LogP contribution in [0, 0.1) is 0 Å². The van der Waals surface area contributed by atoms with Gasteiger partial charge in [-0.2, -0.15) is 0 Å². The highest BCUT2D eigenvalue weighted by Crippen LogP contribution is 2.11. The lowest BCUT2D eigenvalue weighted by Crippen LogP contribution is -2.16. The van der Waals surface area contributed by atoms with Gasteiger partial charge in [-0.1, -0.05) is 30.4 Å². The molecule has 0 saturated carbocycles. The second kappa shape index (κ2) is 4.03. The molecule has 0 aromatic heterocycles. The molecule has 0 fully saturated rings. The molecule has 2 nitrogen and oxygen atoms in total. The molecule has 2 heteroatoms. The van der Waals surface area contributed by atoms with E-state index < -0.39 is 0 Å². The van der Waals surface area contributed by atoms with Gasteiger partial charge in [0, 0.05) is 6.04 Å². The summed E-state index contributed by atoms with van der Waals surface area (Å²) in [5, 5.41) is 0. The Morgan fingerprint density at radius 3 is 2.29 bits per heavy atom. The smallest absolute Gasteiger partial charge is 0.0636 e. The minimum Gasteiger partial charge on any atom is -0.321 e. The van der Waals surface area contributed by atoms with E-state index in [0.717, 1.165) is 11.4 Å². The van der Waals surface area contributed by atoms with Gasteiger partial charge in [0.2, 0.25) is 0 Å². The third-order valence-corrected chi connectivity index (χ3v) is 1.99. The Kier molecular flexibility index (Phi) is 2.56. The summed E-state index contributed by atoms with van der Waals surface area (Å²) < 4.78 is 0. The van der Waals surface area contributed by atoms with Crippen LogP contribution in [0.15, 0.2) is 59.6 Å². The molecule has 70 valence electrons. The van der Waals surface area contributed by atoms with Crippen LogP contribution in [0.2, 0.25) is 0 Å². The van der Waals surface area contributed by atoms with Crippen LogP contribution in [0.3, 0.4) is 0 Å². The molecule has 1 aliphatic rings. The molecule has 0 bridgehead atoms. The van der Waals surface area contributed by atoms with Crippen molar-refractivity contribution in [3.8, 4) is 0 Å². The number of para-hydroxylation sites is 1. The molecule has 0 amide bonds. The van der Waals surface area contributed by atoms with Crippen molar-refractivity contribution in [1.82, 2.24) is 0 Å². The monoisotopic (exact) mass is 184 g/mol. The number of hydrogen-bond acceptors (Lipinski definition) is 2. The molecule has 0 saturated heterocycles. The average Bonchev–Trinajstić information content (AvgIpc) is 2.23. The minimum absolute atomic E-state index is 0.0322. The normalized spacial score (nSPS) is 19.8. The van der Waals surface area contributed by atoms with Gasteiger partial charge >= 0.3 is 0 Å². The molecule has 2 N–H and O–H groups in total. The van der Waals surface area contributed by atoms with E-state index in [2.05, 4.69) is 4.99 Å². The van der Waals surface area contributed by atoms with Crippen molar-refractivity contribution in [1.29, 1.82) is 0 Å². The van der Waals surface area contributed by atoms with Gasteiger partial charge in [0.25, 0.3) is 0 Å². The second-order valence-electron chi connectivity index (χ2n) is 3.17.